The molecule has 0 saturated carbocycles. The molecule has 0 radical (unpaired) electrons. The summed E-state index contributed by atoms with van der Waals surface area (Å²) >= 11 is 5.73. The molecule has 4 nitrogen and oxygen atoms in total. The number of nitrogens with zero attached hydrogens (tertiary/aromatic N) is 2. The van der Waals surface area contributed by atoms with E-state index in [4.69, 9.17) is 11.6 Å². The average molecular weight is 292 g/mol. The van der Waals surface area contributed by atoms with Gasteiger partial charge in [-0.25, -0.2) is 0 Å². The largest absolute Gasteiger partial charge is 0.451 e. The van der Waals surface area contributed by atoms with Crippen molar-refractivity contribution < 1.29 is 18.0 Å². The lowest BCUT2D eigenvalue weighted by atomic mass is 10.2. The number of rotatable bonds is 3. The molecule has 1 aromatic rings. The van der Waals surface area contributed by atoms with Crippen molar-refractivity contribution >= 4 is 23.2 Å². The average Bonchev–Trinajstić information content (AvgIpc) is 2.77. The molecule has 0 aromatic heterocycles. The number of ketones is 1. The molecule has 1 heterocycles. The van der Waals surface area contributed by atoms with Crippen molar-refractivity contribution in [3.8, 4) is 0 Å². The van der Waals surface area contributed by atoms with E-state index in [0.717, 1.165) is 0 Å². The summed E-state index contributed by atoms with van der Waals surface area (Å²) in [6.45, 7) is -0.711. The van der Waals surface area contributed by atoms with Crippen LogP contribution in [0.4, 0.5) is 13.2 Å². The van der Waals surface area contributed by atoms with Crippen LogP contribution in [0.2, 0.25) is 5.02 Å². The van der Waals surface area contributed by atoms with Gasteiger partial charge in [-0.1, -0.05) is 11.6 Å². The van der Waals surface area contributed by atoms with Crippen LogP contribution in [-0.4, -0.2) is 35.9 Å². The second-order valence-corrected chi connectivity index (χ2v) is 4.31. The zero-order valence-electron chi connectivity index (χ0n) is 9.54. The van der Waals surface area contributed by atoms with Crippen LogP contribution >= 0.6 is 11.6 Å². The van der Waals surface area contributed by atoms with Gasteiger partial charge in [0.25, 0.3) is 5.78 Å². The van der Waals surface area contributed by atoms with Crippen LogP contribution in [0.3, 0.4) is 0 Å². The van der Waals surface area contributed by atoms with Crippen molar-refractivity contribution in [2.24, 2.45) is 5.10 Å². The number of nitrogens with one attached hydrogen (secondary N) is 1. The molecule has 0 amide bonds. The fourth-order valence-electron chi connectivity index (χ4n) is 1.58. The molecule has 8 heteroatoms. The fourth-order valence-corrected chi connectivity index (χ4v) is 1.71. The first-order valence-electron chi connectivity index (χ1n) is 5.29. The molecule has 0 bridgehead atoms. The van der Waals surface area contributed by atoms with Gasteiger partial charge in [0.1, 0.15) is 6.67 Å². The zero-order chi connectivity index (χ0) is 14.0. The first kappa shape index (κ1) is 13.7. The maximum absolute atomic E-state index is 12.2. The van der Waals surface area contributed by atoms with Crippen molar-refractivity contribution in [2.45, 2.75) is 6.18 Å². The molecule has 19 heavy (non-hydrogen) atoms. The van der Waals surface area contributed by atoms with Crippen LogP contribution < -0.4 is 5.43 Å². The van der Waals surface area contributed by atoms with E-state index >= 15 is 0 Å². The van der Waals surface area contributed by atoms with E-state index < -0.39 is 18.5 Å². The summed E-state index contributed by atoms with van der Waals surface area (Å²) in [6, 6.07) is 6.45. The standard InChI is InChI=1S/C11H9ClF3N3O/c12-8-3-1-7(2-4-8)10-17-16-6-18(10)5-9(19)11(13,14)15/h1-4,16H,5-6H2. The third kappa shape index (κ3) is 3.17. The minimum absolute atomic E-state index is 0.0553. The topological polar surface area (TPSA) is 44.7 Å². The molecule has 0 aliphatic carbocycles. The number of carbonyl (C=O) groups excluding carboxylic acids is 1. The summed E-state index contributed by atoms with van der Waals surface area (Å²) in [7, 11) is 0. The number of alkyl halides is 3. The Bertz CT molecular complexity index is 513. The van der Waals surface area contributed by atoms with Gasteiger partial charge in [-0.2, -0.15) is 18.3 Å². The lowest BCUT2D eigenvalue weighted by Crippen LogP contribution is -2.40. The number of carbonyl (C=O) groups is 1. The highest BCUT2D eigenvalue weighted by molar-refractivity contribution is 6.30. The van der Waals surface area contributed by atoms with E-state index in [-0.39, 0.29) is 12.5 Å². The Kier molecular flexibility index (Phi) is 3.66. The van der Waals surface area contributed by atoms with E-state index in [1.54, 1.807) is 24.3 Å². The number of hydrazone groups is 1. The summed E-state index contributed by atoms with van der Waals surface area (Å²) in [6.07, 6.45) is -4.84. The van der Waals surface area contributed by atoms with Gasteiger partial charge in [0.2, 0.25) is 0 Å². The smallest absolute Gasteiger partial charge is 0.328 e. The van der Waals surface area contributed by atoms with Crippen molar-refractivity contribution in [1.82, 2.24) is 10.3 Å². The normalized spacial score (nSPS) is 15.2. The summed E-state index contributed by atoms with van der Waals surface area (Å²) in [5.41, 5.74) is 3.14. The SMILES string of the molecule is O=C(CN1CNN=C1c1ccc(Cl)cc1)C(F)(F)F. The number of Topliss-reactive ketones (excluding diaryl/α,β-unsaturated/α-hetero) is 1. The van der Waals surface area contributed by atoms with Gasteiger partial charge in [0.15, 0.2) is 5.84 Å². The monoisotopic (exact) mass is 291 g/mol. The van der Waals surface area contributed by atoms with Crippen LogP contribution in [0.5, 0.6) is 0 Å². The Morgan fingerprint density at radius 3 is 2.58 bits per heavy atom. The molecule has 102 valence electrons. The lowest BCUT2D eigenvalue weighted by molar-refractivity contribution is -0.171. The van der Waals surface area contributed by atoms with Gasteiger partial charge in [0, 0.05) is 10.6 Å². The van der Waals surface area contributed by atoms with Gasteiger partial charge in [-0.15, -0.1) is 0 Å². The molecule has 1 N–H and O–H groups in total. The summed E-state index contributed by atoms with van der Waals surface area (Å²) in [5, 5.41) is 4.39. The zero-order valence-corrected chi connectivity index (χ0v) is 10.3. The number of hydrogen-bond donors (Lipinski definition) is 1. The molecule has 0 fully saturated rings. The first-order chi connectivity index (χ1) is 8.88. The second-order valence-electron chi connectivity index (χ2n) is 3.88. The molecule has 2 rings (SSSR count). The van der Waals surface area contributed by atoms with E-state index in [1.165, 1.54) is 4.90 Å². The third-order valence-electron chi connectivity index (χ3n) is 2.50. The van der Waals surface area contributed by atoms with Crippen LogP contribution in [0.25, 0.3) is 0 Å². The second kappa shape index (κ2) is 5.08. The Morgan fingerprint density at radius 2 is 2.00 bits per heavy atom. The van der Waals surface area contributed by atoms with Crippen molar-refractivity contribution in [3.63, 3.8) is 0 Å². The van der Waals surface area contributed by atoms with E-state index in [2.05, 4.69) is 10.5 Å². The Morgan fingerprint density at radius 1 is 1.37 bits per heavy atom. The van der Waals surface area contributed by atoms with Gasteiger partial charge in [0.05, 0.1) is 6.54 Å². The van der Waals surface area contributed by atoms with Crippen LogP contribution in [0, 0.1) is 0 Å². The first-order valence-corrected chi connectivity index (χ1v) is 5.67. The Hall–Kier alpha value is -1.76. The van der Waals surface area contributed by atoms with Gasteiger partial charge in [-0.05, 0) is 24.3 Å². The van der Waals surface area contributed by atoms with Gasteiger partial charge >= 0.3 is 6.18 Å². The van der Waals surface area contributed by atoms with Crippen molar-refractivity contribution in [3.05, 3.63) is 34.9 Å². The minimum Gasteiger partial charge on any atom is -0.328 e. The van der Waals surface area contributed by atoms with Gasteiger partial charge in [-0.3, -0.25) is 10.2 Å². The highest BCUT2D eigenvalue weighted by Crippen LogP contribution is 2.19. The summed E-state index contributed by atoms with van der Waals surface area (Å²) in [5.74, 6) is -1.52. The molecule has 1 aromatic carbocycles. The molecule has 1 aliphatic rings. The number of benzene rings is 1. The summed E-state index contributed by atoms with van der Waals surface area (Å²) < 4.78 is 36.7. The van der Waals surface area contributed by atoms with E-state index in [0.29, 0.717) is 10.6 Å². The molecule has 0 spiro atoms. The molecular weight excluding hydrogens is 283 g/mol. The molecule has 0 unspecified atom stereocenters. The highest BCUT2D eigenvalue weighted by Gasteiger charge is 2.40. The predicted octanol–water partition coefficient (Wildman–Crippen LogP) is 2.00. The Balaban J connectivity index is 2.13. The van der Waals surface area contributed by atoms with Crippen molar-refractivity contribution in [1.29, 1.82) is 0 Å². The molecule has 0 atom stereocenters. The molecule has 1 aliphatic heterocycles. The number of amidine groups is 1. The minimum atomic E-state index is -4.84. The van der Waals surface area contributed by atoms with Crippen LogP contribution in [0.1, 0.15) is 5.56 Å². The quantitative estimate of drug-likeness (QED) is 0.926. The van der Waals surface area contributed by atoms with E-state index in [9.17, 15) is 18.0 Å². The van der Waals surface area contributed by atoms with E-state index in [1.807, 2.05) is 0 Å². The van der Waals surface area contributed by atoms with Crippen LogP contribution in [-0.2, 0) is 4.79 Å². The van der Waals surface area contributed by atoms with Crippen LogP contribution in [0.15, 0.2) is 29.4 Å². The van der Waals surface area contributed by atoms with Gasteiger partial charge < -0.3 is 4.90 Å². The predicted molar refractivity (Wildman–Crippen MR) is 63.8 cm³/mol. The van der Waals surface area contributed by atoms with Crippen molar-refractivity contribution in [2.75, 3.05) is 13.2 Å². The molecular formula is C11H9ClF3N3O. The number of hydrogen-bond acceptors (Lipinski definition) is 4. The third-order valence-corrected chi connectivity index (χ3v) is 2.75. The summed E-state index contributed by atoms with van der Waals surface area (Å²) in [4.78, 5) is 12.2. The lowest BCUT2D eigenvalue weighted by Gasteiger charge is -2.19. The fraction of sp³-hybridized carbons (Fsp3) is 0.273. The maximum atomic E-state index is 12.2. The maximum Gasteiger partial charge on any atom is 0.451 e. The number of halogens is 4. The highest BCUT2D eigenvalue weighted by atomic mass is 35.5. The Labute approximate surface area is 111 Å². The molecule has 0 saturated heterocycles.